The Kier molecular flexibility index (Phi) is 6.83. The molecule has 30 heavy (non-hydrogen) atoms. The molecule has 1 fully saturated rings. The van der Waals surface area contributed by atoms with E-state index < -0.39 is 23.6 Å². The van der Waals surface area contributed by atoms with Crippen molar-refractivity contribution in [1.29, 1.82) is 5.41 Å². The number of cyclic esters (lactones) is 1. The summed E-state index contributed by atoms with van der Waals surface area (Å²) in [5, 5.41) is 18.4. The van der Waals surface area contributed by atoms with Crippen LogP contribution in [-0.2, 0) is 9.53 Å². The number of hydrogen-bond donors (Lipinski definition) is 2. The largest absolute Gasteiger partial charge is 0.460 e. The number of aliphatic hydroxyl groups is 1. The predicted molar refractivity (Wildman–Crippen MR) is 119 cm³/mol. The summed E-state index contributed by atoms with van der Waals surface area (Å²) in [5.41, 5.74) is 1.52. The first-order valence-electron chi connectivity index (χ1n) is 10.5. The standard InChI is InChI=1S/C25H30N2O3/c1-17(18(2)14-25(29)23(15-26)19(3)30-24(25)28)8-7-11-22-13-12-21(16-27-22)20-9-5-4-6-10-20/h4-7,9-13,15-19,23,26,29H,8,14H2,1-3H3/b11-7+,26-15?/t17-,18-,19+,23+,25-/m0/s1. The monoisotopic (exact) mass is 406 g/mol. The number of nitrogens with zero attached hydrogens (tertiary/aromatic N) is 1. The van der Waals surface area contributed by atoms with Gasteiger partial charge >= 0.3 is 5.97 Å². The third-order valence-electron chi connectivity index (χ3n) is 6.18. The van der Waals surface area contributed by atoms with Gasteiger partial charge in [0.1, 0.15) is 6.10 Å². The van der Waals surface area contributed by atoms with E-state index >= 15 is 0 Å². The minimum Gasteiger partial charge on any atom is -0.460 e. The number of esters is 1. The molecule has 158 valence electrons. The van der Waals surface area contributed by atoms with E-state index in [-0.39, 0.29) is 18.3 Å². The fourth-order valence-corrected chi connectivity index (χ4v) is 3.99. The summed E-state index contributed by atoms with van der Waals surface area (Å²) in [7, 11) is 0. The number of carbonyl (C=O) groups is 1. The van der Waals surface area contributed by atoms with Gasteiger partial charge in [0, 0.05) is 18.0 Å². The van der Waals surface area contributed by atoms with Crippen LogP contribution >= 0.6 is 0 Å². The molecule has 1 aromatic carbocycles. The van der Waals surface area contributed by atoms with Gasteiger partial charge in [0.2, 0.25) is 0 Å². The van der Waals surface area contributed by atoms with Crippen LogP contribution in [0.3, 0.4) is 0 Å². The Bertz CT molecular complexity index is 894. The van der Waals surface area contributed by atoms with Gasteiger partial charge in [-0.15, -0.1) is 0 Å². The summed E-state index contributed by atoms with van der Waals surface area (Å²) < 4.78 is 5.18. The Balaban J connectivity index is 1.57. The fourth-order valence-electron chi connectivity index (χ4n) is 3.99. The molecule has 0 spiro atoms. The molecular weight excluding hydrogens is 376 g/mol. The quantitative estimate of drug-likeness (QED) is 0.489. The van der Waals surface area contributed by atoms with Crippen molar-refractivity contribution in [3.63, 3.8) is 0 Å². The average molecular weight is 407 g/mol. The number of carbonyl (C=O) groups excluding carboxylic acids is 1. The van der Waals surface area contributed by atoms with Gasteiger partial charge in [-0.3, -0.25) is 4.98 Å². The molecule has 0 radical (unpaired) electrons. The molecule has 2 heterocycles. The molecule has 0 saturated carbocycles. The number of ether oxygens (including phenoxy) is 1. The molecule has 1 aliphatic heterocycles. The first-order chi connectivity index (χ1) is 14.3. The van der Waals surface area contributed by atoms with Crippen LogP contribution in [0.1, 0.15) is 39.3 Å². The smallest absolute Gasteiger partial charge is 0.339 e. The highest BCUT2D eigenvalue weighted by Crippen LogP contribution is 2.38. The molecular formula is C25H30N2O3. The Morgan fingerprint density at radius 1 is 1.17 bits per heavy atom. The Morgan fingerprint density at radius 3 is 2.53 bits per heavy atom. The second kappa shape index (κ2) is 9.35. The van der Waals surface area contributed by atoms with Gasteiger partial charge in [-0.05, 0) is 49.3 Å². The van der Waals surface area contributed by atoms with Crippen molar-refractivity contribution >= 4 is 18.3 Å². The highest BCUT2D eigenvalue weighted by Gasteiger charge is 2.54. The second-order valence-corrected chi connectivity index (χ2v) is 8.36. The van der Waals surface area contributed by atoms with E-state index in [9.17, 15) is 9.90 Å². The zero-order chi connectivity index (χ0) is 21.7. The number of hydrogen-bond acceptors (Lipinski definition) is 5. The maximum absolute atomic E-state index is 12.2. The highest BCUT2D eigenvalue weighted by molar-refractivity contribution is 5.87. The lowest BCUT2D eigenvalue weighted by atomic mass is 9.76. The van der Waals surface area contributed by atoms with Crippen LogP contribution < -0.4 is 0 Å². The molecule has 1 saturated heterocycles. The lowest BCUT2D eigenvalue weighted by molar-refractivity contribution is -0.156. The molecule has 0 unspecified atom stereocenters. The fraction of sp³-hybridized carbons (Fsp3) is 0.400. The number of allylic oxidation sites excluding steroid dienone is 1. The van der Waals surface area contributed by atoms with E-state index in [0.29, 0.717) is 0 Å². The lowest BCUT2D eigenvalue weighted by Gasteiger charge is -2.29. The summed E-state index contributed by atoms with van der Waals surface area (Å²) in [6, 6.07) is 14.2. The second-order valence-electron chi connectivity index (χ2n) is 8.36. The molecule has 5 heteroatoms. The first-order valence-corrected chi connectivity index (χ1v) is 10.5. The lowest BCUT2D eigenvalue weighted by Crippen LogP contribution is -2.44. The summed E-state index contributed by atoms with van der Waals surface area (Å²) in [5.74, 6) is -0.861. The van der Waals surface area contributed by atoms with Crippen LogP contribution in [0, 0.1) is 23.2 Å². The van der Waals surface area contributed by atoms with E-state index in [1.807, 2.05) is 43.5 Å². The molecule has 1 aliphatic rings. The molecule has 5 atom stereocenters. The highest BCUT2D eigenvalue weighted by atomic mass is 16.6. The van der Waals surface area contributed by atoms with Gasteiger partial charge in [0.25, 0.3) is 0 Å². The van der Waals surface area contributed by atoms with Crippen molar-refractivity contribution in [2.75, 3.05) is 0 Å². The normalized spacial score (nSPS) is 25.8. The predicted octanol–water partition coefficient (Wildman–Crippen LogP) is 4.76. The summed E-state index contributed by atoms with van der Waals surface area (Å²) in [4.78, 5) is 16.7. The van der Waals surface area contributed by atoms with E-state index in [1.54, 1.807) is 6.92 Å². The van der Waals surface area contributed by atoms with Gasteiger partial charge in [-0.1, -0.05) is 56.3 Å². The Morgan fingerprint density at radius 2 is 1.90 bits per heavy atom. The number of nitrogens with one attached hydrogen (secondary N) is 1. The van der Waals surface area contributed by atoms with Crippen LogP contribution in [0.5, 0.6) is 0 Å². The maximum atomic E-state index is 12.2. The van der Waals surface area contributed by atoms with Crippen molar-refractivity contribution in [2.45, 2.75) is 45.3 Å². The summed E-state index contributed by atoms with van der Waals surface area (Å²) in [6.07, 6.45) is 7.72. The van der Waals surface area contributed by atoms with Crippen LogP contribution in [0.4, 0.5) is 0 Å². The summed E-state index contributed by atoms with van der Waals surface area (Å²) >= 11 is 0. The number of pyridine rings is 1. The molecule has 2 aromatic rings. The zero-order valence-electron chi connectivity index (χ0n) is 17.8. The summed E-state index contributed by atoms with van der Waals surface area (Å²) in [6.45, 7) is 5.85. The molecule has 5 nitrogen and oxygen atoms in total. The Hall–Kier alpha value is -2.79. The number of benzene rings is 1. The minimum atomic E-state index is -1.60. The molecule has 2 N–H and O–H groups in total. The van der Waals surface area contributed by atoms with Crippen molar-refractivity contribution in [3.8, 4) is 11.1 Å². The van der Waals surface area contributed by atoms with E-state index in [0.717, 1.165) is 29.5 Å². The van der Waals surface area contributed by atoms with Crippen molar-refractivity contribution in [2.24, 2.45) is 17.8 Å². The average Bonchev–Trinajstić information content (AvgIpc) is 2.96. The Labute approximate surface area is 178 Å². The number of rotatable bonds is 8. The third-order valence-corrected chi connectivity index (χ3v) is 6.18. The number of aromatic nitrogens is 1. The van der Waals surface area contributed by atoms with Crippen molar-refractivity contribution in [3.05, 3.63) is 60.4 Å². The van der Waals surface area contributed by atoms with Gasteiger partial charge in [0.15, 0.2) is 5.60 Å². The van der Waals surface area contributed by atoms with Crippen LogP contribution in [0.2, 0.25) is 0 Å². The van der Waals surface area contributed by atoms with Crippen LogP contribution in [0.25, 0.3) is 17.2 Å². The van der Waals surface area contributed by atoms with E-state index in [4.69, 9.17) is 10.1 Å². The van der Waals surface area contributed by atoms with Crippen molar-refractivity contribution < 1.29 is 14.6 Å². The van der Waals surface area contributed by atoms with Crippen LogP contribution in [-0.4, -0.2) is 34.0 Å². The molecule has 3 rings (SSSR count). The molecule has 0 aliphatic carbocycles. The SMILES string of the molecule is C[C@@H](C/C=C/c1ccc(-c2ccccc2)cn1)[C@@H](C)C[C@@]1(O)C(=O)O[C@H](C)[C@H]1C=N. The van der Waals surface area contributed by atoms with Gasteiger partial charge < -0.3 is 15.3 Å². The topological polar surface area (TPSA) is 83.3 Å². The van der Waals surface area contributed by atoms with Gasteiger partial charge in [-0.25, -0.2) is 4.79 Å². The van der Waals surface area contributed by atoms with Crippen molar-refractivity contribution in [1.82, 2.24) is 4.98 Å². The maximum Gasteiger partial charge on any atom is 0.339 e. The third kappa shape index (κ3) is 4.68. The first kappa shape index (κ1) is 21.9. The van der Waals surface area contributed by atoms with E-state index in [1.165, 1.54) is 0 Å². The zero-order valence-corrected chi connectivity index (χ0v) is 17.8. The van der Waals surface area contributed by atoms with E-state index in [2.05, 4.69) is 36.2 Å². The van der Waals surface area contributed by atoms with Gasteiger partial charge in [-0.2, -0.15) is 0 Å². The van der Waals surface area contributed by atoms with Gasteiger partial charge in [0.05, 0.1) is 11.6 Å². The molecule has 0 bridgehead atoms. The minimum absolute atomic E-state index is 0.0911. The molecule has 1 aromatic heterocycles. The van der Waals surface area contributed by atoms with Crippen LogP contribution in [0.15, 0.2) is 54.7 Å². The molecule has 0 amide bonds.